The summed E-state index contributed by atoms with van der Waals surface area (Å²) in [6.07, 6.45) is -3.48. The van der Waals surface area contributed by atoms with E-state index in [2.05, 4.69) is 5.32 Å². The molecule has 13 heteroatoms. The van der Waals surface area contributed by atoms with E-state index in [9.17, 15) is 28.7 Å². The van der Waals surface area contributed by atoms with Gasteiger partial charge in [0.1, 0.15) is 11.7 Å². The summed E-state index contributed by atoms with van der Waals surface area (Å²) in [5.41, 5.74) is 6.80. The van der Waals surface area contributed by atoms with E-state index in [4.69, 9.17) is 15.9 Å². The minimum absolute atomic E-state index is 0.0126. The molecule has 208 valence electrons. The number of hydrogen-bond donors (Lipinski definition) is 4. The fourth-order valence-corrected chi connectivity index (χ4v) is 3.89. The lowest BCUT2D eigenvalue weighted by molar-refractivity contribution is -0.150. The molecular formula is C26H31FN6O6. The lowest BCUT2D eigenvalue weighted by Gasteiger charge is -2.34. The van der Waals surface area contributed by atoms with Crippen LogP contribution in [-0.2, 0) is 19.1 Å². The molecule has 2 unspecified atom stereocenters. The fourth-order valence-electron chi connectivity index (χ4n) is 3.89. The number of nitrogens with two attached hydrogens (primary N) is 1. The number of aryl methyl sites for hydroxylation is 1. The first-order valence-corrected chi connectivity index (χ1v) is 11.9. The van der Waals surface area contributed by atoms with E-state index in [0.29, 0.717) is 16.8 Å². The topological polar surface area (TPSA) is 169 Å². The Morgan fingerprint density at radius 2 is 1.90 bits per heavy atom. The van der Waals surface area contributed by atoms with Crippen molar-refractivity contribution in [2.75, 3.05) is 51.1 Å². The van der Waals surface area contributed by atoms with Crippen LogP contribution in [0, 0.1) is 18.2 Å². The molecule has 39 heavy (non-hydrogen) atoms. The summed E-state index contributed by atoms with van der Waals surface area (Å²) in [6, 6.07) is 7.97. The molecule has 0 spiro atoms. The lowest BCUT2D eigenvalue weighted by Crippen LogP contribution is -2.55. The van der Waals surface area contributed by atoms with Crippen LogP contribution < -0.4 is 16.0 Å². The summed E-state index contributed by atoms with van der Waals surface area (Å²) in [5, 5.41) is 20.7. The molecule has 0 aliphatic carbocycles. The van der Waals surface area contributed by atoms with Gasteiger partial charge in [0.15, 0.2) is 12.2 Å². The number of ether oxygens (including phenoxy) is 1. The number of nitrogens with zero attached hydrogens (tertiary/aromatic N) is 3. The van der Waals surface area contributed by atoms with Crippen molar-refractivity contribution in [3.63, 3.8) is 0 Å². The van der Waals surface area contributed by atoms with Gasteiger partial charge in [-0.15, -0.1) is 0 Å². The molecule has 0 bridgehead atoms. The van der Waals surface area contributed by atoms with E-state index in [1.54, 1.807) is 27.1 Å². The zero-order chi connectivity index (χ0) is 29.0. The molecule has 12 nitrogen and oxygen atoms in total. The first-order chi connectivity index (χ1) is 18.3. The van der Waals surface area contributed by atoms with Gasteiger partial charge in [0.2, 0.25) is 5.91 Å². The smallest absolute Gasteiger partial charge is 0.259 e. The van der Waals surface area contributed by atoms with E-state index in [1.165, 1.54) is 30.1 Å². The van der Waals surface area contributed by atoms with E-state index in [-0.39, 0.29) is 42.7 Å². The van der Waals surface area contributed by atoms with Crippen LogP contribution in [0.2, 0.25) is 0 Å². The summed E-state index contributed by atoms with van der Waals surface area (Å²) in [5.74, 6) is -3.60. The molecule has 2 aromatic carbocycles. The number of amides is 4. The van der Waals surface area contributed by atoms with E-state index in [1.807, 2.05) is 0 Å². The molecule has 4 amide bonds. The Morgan fingerprint density at radius 3 is 2.51 bits per heavy atom. The molecule has 5 N–H and O–H groups in total. The maximum absolute atomic E-state index is 14.5. The average molecular weight is 543 g/mol. The van der Waals surface area contributed by atoms with Gasteiger partial charge in [-0.1, -0.05) is 0 Å². The third kappa shape index (κ3) is 6.75. The largest absolute Gasteiger partial charge is 0.384 e. The predicted octanol–water partition coefficient (Wildman–Crippen LogP) is 0.310. The van der Waals surface area contributed by atoms with Gasteiger partial charge in [0, 0.05) is 50.2 Å². The summed E-state index contributed by atoms with van der Waals surface area (Å²) < 4.78 is 19.9. The molecular weight excluding hydrogens is 511 g/mol. The van der Waals surface area contributed by atoms with Gasteiger partial charge in [0.25, 0.3) is 17.7 Å². The second-order valence-corrected chi connectivity index (χ2v) is 9.31. The maximum atomic E-state index is 14.5. The first-order valence-electron chi connectivity index (χ1n) is 11.9. The third-order valence-corrected chi connectivity index (χ3v) is 6.13. The Labute approximate surface area is 224 Å². The average Bonchev–Trinajstić information content (AvgIpc) is 2.88. The number of carbonyl (C=O) groups is 4. The van der Waals surface area contributed by atoms with Crippen molar-refractivity contribution in [3.8, 4) is 0 Å². The Bertz CT molecular complexity index is 1320. The molecule has 1 saturated heterocycles. The Balaban J connectivity index is 1.77. The molecule has 1 aliphatic rings. The molecule has 0 saturated carbocycles. The standard InChI is InChI=1S/C26H31FN6O6/c1-14-9-15(23(28)29)5-6-19(14)30-24(36)21(35)22-26(38)33(7-8-39-22)18-11-16(10-17(27)12-18)25(37)32(4)13-20(34)31(2)3/h5-6,9-12,21-22,35H,7-8,13H2,1-4H3,(H3,28,29)(H,30,36). The summed E-state index contributed by atoms with van der Waals surface area (Å²) >= 11 is 0. The van der Waals surface area contributed by atoms with Gasteiger partial charge >= 0.3 is 0 Å². The molecule has 0 radical (unpaired) electrons. The van der Waals surface area contributed by atoms with Crippen LogP contribution in [0.25, 0.3) is 0 Å². The van der Waals surface area contributed by atoms with E-state index in [0.717, 1.165) is 21.9 Å². The van der Waals surface area contributed by atoms with E-state index < -0.39 is 35.7 Å². The highest BCUT2D eigenvalue weighted by atomic mass is 19.1. The number of rotatable bonds is 8. The maximum Gasteiger partial charge on any atom is 0.259 e. The highest BCUT2D eigenvalue weighted by molar-refractivity contribution is 6.05. The molecule has 2 aromatic rings. The Morgan fingerprint density at radius 1 is 1.21 bits per heavy atom. The van der Waals surface area contributed by atoms with Crippen molar-refractivity contribution < 1.29 is 33.4 Å². The number of nitrogen functional groups attached to an aromatic ring is 1. The SMILES string of the molecule is Cc1cc(C(=N)N)ccc1NC(=O)C(O)C1OCCN(c2cc(F)cc(C(=O)N(C)CC(=O)N(C)C)c2)C1=O. The second kappa shape index (κ2) is 12.0. The Kier molecular flexibility index (Phi) is 8.99. The van der Waals surface area contributed by atoms with Gasteiger partial charge in [-0.25, -0.2) is 4.39 Å². The number of aliphatic hydroxyl groups excluding tert-OH is 1. The van der Waals surface area contributed by atoms with Crippen LogP contribution in [0.1, 0.15) is 21.5 Å². The summed E-state index contributed by atoms with van der Waals surface area (Å²) in [4.78, 5) is 54.4. The van der Waals surface area contributed by atoms with Gasteiger partial charge in [0.05, 0.1) is 13.2 Å². The van der Waals surface area contributed by atoms with Crippen molar-refractivity contribution in [1.82, 2.24) is 9.80 Å². The van der Waals surface area contributed by atoms with Crippen LogP contribution in [0.5, 0.6) is 0 Å². The molecule has 1 fully saturated rings. The number of anilines is 2. The number of carbonyl (C=O) groups excluding carboxylic acids is 4. The zero-order valence-electron chi connectivity index (χ0n) is 22.0. The lowest BCUT2D eigenvalue weighted by atomic mass is 10.1. The first kappa shape index (κ1) is 29.2. The number of halogens is 1. The normalized spacial score (nSPS) is 15.9. The van der Waals surface area contributed by atoms with Crippen molar-refractivity contribution in [1.29, 1.82) is 5.41 Å². The van der Waals surface area contributed by atoms with Crippen LogP contribution in [0.15, 0.2) is 36.4 Å². The zero-order valence-corrected chi connectivity index (χ0v) is 22.0. The van der Waals surface area contributed by atoms with Crippen LogP contribution in [0.3, 0.4) is 0 Å². The highest BCUT2D eigenvalue weighted by Gasteiger charge is 2.39. The highest BCUT2D eigenvalue weighted by Crippen LogP contribution is 2.25. The number of morpholine rings is 1. The third-order valence-electron chi connectivity index (χ3n) is 6.13. The van der Waals surface area contributed by atoms with Crippen LogP contribution >= 0.6 is 0 Å². The monoisotopic (exact) mass is 542 g/mol. The van der Waals surface area contributed by atoms with Gasteiger partial charge in [-0.2, -0.15) is 0 Å². The molecule has 3 rings (SSSR count). The van der Waals surface area contributed by atoms with Crippen molar-refractivity contribution in [3.05, 3.63) is 58.9 Å². The molecule has 2 atom stereocenters. The van der Waals surface area contributed by atoms with Crippen LogP contribution in [0.4, 0.5) is 15.8 Å². The number of amidine groups is 1. The van der Waals surface area contributed by atoms with Crippen molar-refractivity contribution in [2.24, 2.45) is 5.73 Å². The van der Waals surface area contributed by atoms with E-state index >= 15 is 0 Å². The summed E-state index contributed by atoms with van der Waals surface area (Å²) in [7, 11) is 4.48. The molecule has 0 aromatic heterocycles. The molecule has 1 aliphatic heterocycles. The van der Waals surface area contributed by atoms with Gasteiger partial charge in [-0.3, -0.25) is 24.6 Å². The minimum Gasteiger partial charge on any atom is -0.384 e. The number of nitrogens with one attached hydrogen (secondary N) is 2. The Hall–Kier alpha value is -4.36. The number of aliphatic hydroxyl groups is 1. The summed E-state index contributed by atoms with van der Waals surface area (Å²) in [6.45, 7) is 1.37. The number of likely N-dealkylation sites (N-methyl/N-ethyl adjacent to an activating group) is 2. The fraction of sp³-hybridized carbons (Fsp3) is 0.346. The quantitative estimate of drug-likeness (QED) is 0.275. The van der Waals surface area contributed by atoms with Gasteiger partial charge < -0.3 is 35.6 Å². The van der Waals surface area contributed by atoms with Crippen molar-refractivity contribution >= 4 is 40.8 Å². The van der Waals surface area contributed by atoms with Crippen LogP contribution in [-0.4, -0.2) is 97.4 Å². The van der Waals surface area contributed by atoms with Gasteiger partial charge in [-0.05, 0) is 48.9 Å². The second-order valence-electron chi connectivity index (χ2n) is 9.31. The van der Waals surface area contributed by atoms with Crippen molar-refractivity contribution in [2.45, 2.75) is 19.1 Å². The minimum atomic E-state index is -1.90. The molecule has 1 heterocycles. The number of hydrogen-bond acceptors (Lipinski definition) is 7. The number of benzene rings is 2. The predicted molar refractivity (Wildman–Crippen MR) is 141 cm³/mol.